The molecule has 13 heteroatoms. The number of aromatic amines is 1. The predicted molar refractivity (Wildman–Crippen MR) is 154 cm³/mol. The molecular formula is C28H32N6O6S. The van der Waals surface area contributed by atoms with Crippen LogP contribution in [0.25, 0.3) is 11.0 Å². The number of nitro groups is 1. The highest BCUT2D eigenvalue weighted by Gasteiger charge is 2.54. The van der Waals surface area contributed by atoms with Gasteiger partial charge in [0.15, 0.2) is 0 Å². The molecule has 0 spiro atoms. The van der Waals surface area contributed by atoms with Gasteiger partial charge >= 0.3 is 0 Å². The van der Waals surface area contributed by atoms with Gasteiger partial charge < -0.3 is 25.7 Å². The molecule has 1 saturated heterocycles. The van der Waals surface area contributed by atoms with E-state index in [4.69, 9.17) is 10.5 Å². The number of rotatable bonds is 9. The standard InChI is InChI=1S/C28H32N6O6S/c1-18(2)33-13-9-20(10-14-33)32-24-7-6-22(16-25(24)34(36)37)41(38,39)28(11-4-3-5-23(28)26(29)35)40-21-15-19-8-12-30-27(19)31-17-21/h3-8,11-12,15-18,20,23,32H,9-10,13-14H2,1-2H3,(H2,29,35)(H,30,31). The number of likely N-dealkylation sites (tertiary alicyclic amines) is 1. The molecule has 1 aromatic carbocycles. The van der Waals surface area contributed by atoms with Gasteiger partial charge in [-0.25, -0.2) is 13.4 Å². The summed E-state index contributed by atoms with van der Waals surface area (Å²) in [6.07, 6.45) is 10.1. The summed E-state index contributed by atoms with van der Waals surface area (Å²) in [5, 5.41) is 16.0. The third-order valence-electron chi connectivity index (χ3n) is 7.65. The van der Waals surface area contributed by atoms with Crippen molar-refractivity contribution in [2.24, 2.45) is 11.7 Å². The zero-order chi connectivity index (χ0) is 29.4. The second kappa shape index (κ2) is 11.0. The van der Waals surface area contributed by atoms with Crippen molar-refractivity contribution < 1.29 is 22.9 Å². The first kappa shape index (κ1) is 28.3. The molecule has 1 aliphatic heterocycles. The number of anilines is 1. The zero-order valence-corrected chi connectivity index (χ0v) is 23.5. The molecule has 0 saturated carbocycles. The van der Waals surface area contributed by atoms with Gasteiger partial charge in [-0.15, -0.1) is 0 Å². The summed E-state index contributed by atoms with van der Waals surface area (Å²) in [5.41, 5.74) is 6.06. The Morgan fingerprint density at radius 2 is 2.00 bits per heavy atom. The number of nitrogens with zero attached hydrogens (tertiary/aromatic N) is 3. The van der Waals surface area contributed by atoms with E-state index in [1.165, 1.54) is 42.6 Å². The first-order valence-corrected chi connectivity index (χ1v) is 14.8. The predicted octanol–water partition coefficient (Wildman–Crippen LogP) is 3.53. The molecule has 1 amide bonds. The minimum absolute atomic E-state index is 0.00216. The second-order valence-corrected chi connectivity index (χ2v) is 12.6. The largest absolute Gasteiger partial charge is 0.464 e. The number of nitrogens with one attached hydrogen (secondary N) is 2. The fraction of sp³-hybridized carbons (Fsp3) is 0.357. The molecule has 3 heterocycles. The number of sulfone groups is 1. The van der Waals surface area contributed by atoms with E-state index in [2.05, 4.69) is 34.0 Å². The number of primary amides is 1. The number of H-pyrrole nitrogens is 1. The highest BCUT2D eigenvalue weighted by Crippen LogP contribution is 2.41. The molecule has 3 aromatic rings. The van der Waals surface area contributed by atoms with Gasteiger partial charge in [-0.3, -0.25) is 14.9 Å². The van der Waals surface area contributed by atoms with Crippen LogP contribution in [0.15, 0.2) is 71.9 Å². The summed E-state index contributed by atoms with van der Waals surface area (Å²) in [7, 11) is -4.61. The molecule has 12 nitrogen and oxygen atoms in total. The van der Waals surface area contributed by atoms with Crippen molar-refractivity contribution in [2.45, 2.75) is 48.6 Å². The fourth-order valence-electron chi connectivity index (χ4n) is 5.38. The number of hydrogen-bond donors (Lipinski definition) is 3. The number of nitro benzene ring substituents is 1. The van der Waals surface area contributed by atoms with Crippen LogP contribution in [-0.4, -0.2) is 64.2 Å². The average Bonchev–Trinajstić information content (AvgIpc) is 3.41. The molecule has 216 valence electrons. The smallest absolute Gasteiger partial charge is 0.293 e. The Morgan fingerprint density at radius 1 is 1.24 bits per heavy atom. The van der Waals surface area contributed by atoms with E-state index in [1.807, 2.05) is 0 Å². The molecule has 0 radical (unpaired) electrons. The van der Waals surface area contributed by atoms with Crippen LogP contribution in [0, 0.1) is 16.0 Å². The van der Waals surface area contributed by atoms with Gasteiger partial charge in [-0.1, -0.05) is 18.2 Å². The Hall–Kier alpha value is -4.23. The van der Waals surface area contributed by atoms with Crippen molar-refractivity contribution in [3.8, 4) is 5.75 Å². The lowest BCUT2D eigenvalue weighted by atomic mass is 9.96. The van der Waals surface area contributed by atoms with Crippen LogP contribution in [0.4, 0.5) is 11.4 Å². The summed E-state index contributed by atoms with van der Waals surface area (Å²) >= 11 is 0. The molecular weight excluding hydrogens is 548 g/mol. The average molecular weight is 581 g/mol. The van der Waals surface area contributed by atoms with E-state index >= 15 is 0 Å². The van der Waals surface area contributed by atoms with Gasteiger partial charge in [0, 0.05) is 42.8 Å². The maximum Gasteiger partial charge on any atom is 0.293 e. The second-order valence-electron chi connectivity index (χ2n) is 10.5. The molecule has 2 unspecified atom stereocenters. The number of ether oxygens (including phenoxy) is 1. The van der Waals surface area contributed by atoms with Crippen LogP contribution >= 0.6 is 0 Å². The number of fused-ring (bicyclic) bond motifs is 1. The molecule has 2 aliphatic rings. The van der Waals surface area contributed by atoms with Crippen molar-refractivity contribution >= 4 is 38.2 Å². The van der Waals surface area contributed by atoms with Crippen LogP contribution in [0.5, 0.6) is 5.75 Å². The van der Waals surface area contributed by atoms with E-state index in [0.29, 0.717) is 17.1 Å². The van der Waals surface area contributed by atoms with Crippen LogP contribution in [0.3, 0.4) is 0 Å². The minimum Gasteiger partial charge on any atom is -0.464 e. The Kier molecular flexibility index (Phi) is 7.58. The summed E-state index contributed by atoms with van der Waals surface area (Å²) in [5.74, 6) is -2.29. The first-order valence-electron chi connectivity index (χ1n) is 13.3. The topological polar surface area (TPSA) is 174 Å². The van der Waals surface area contributed by atoms with Crippen molar-refractivity contribution in [3.05, 3.63) is 77.1 Å². The van der Waals surface area contributed by atoms with E-state index < -0.39 is 37.2 Å². The van der Waals surface area contributed by atoms with Gasteiger partial charge in [0.05, 0.1) is 16.0 Å². The number of allylic oxidation sites excluding steroid dienone is 2. The van der Waals surface area contributed by atoms with Crippen molar-refractivity contribution in [1.82, 2.24) is 14.9 Å². The van der Waals surface area contributed by atoms with Crippen LogP contribution in [-0.2, 0) is 14.6 Å². The normalized spacial score (nSPS) is 21.8. The van der Waals surface area contributed by atoms with Gasteiger partial charge in [-0.05, 0) is 57.0 Å². The quantitative estimate of drug-likeness (QED) is 0.253. The number of amides is 1. The lowest BCUT2D eigenvalue weighted by molar-refractivity contribution is -0.384. The molecule has 41 heavy (non-hydrogen) atoms. The molecule has 2 aromatic heterocycles. The first-order chi connectivity index (χ1) is 19.5. The summed E-state index contributed by atoms with van der Waals surface area (Å²) in [4.78, 5) is 30.9. The monoisotopic (exact) mass is 580 g/mol. The number of carbonyl (C=O) groups is 1. The van der Waals surface area contributed by atoms with E-state index in [-0.39, 0.29) is 22.4 Å². The summed E-state index contributed by atoms with van der Waals surface area (Å²) in [6.45, 7) is 5.97. The van der Waals surface area contributed by atoms with Crippen LogP contribution in [0.1, 0.15) is 26.7 Å². The highest BCUT2D eigenvalue weighted by atomic mass is 32.2. The Labute approximate surface area is 237 Å². The number of pyridine rings is 1. The summed E-state index contributed by atoms with van der Waals surface area (Å²) < 4.78 is 34.8. The Morgan fingerprint density at radius 3 is 2.68 bits per heavy atom. The number of carbonyl (C=O) groups excluding carboxylic acids is 1. The number of hydrogen-bond acceptors (Lipinski definition) is 9. The summed E-state index contributed by atoms with van der Waals surface area (Å²) in [6, 6.07) is 7.42. The third kappa shape index (κ3) is 5.30. The van der Waals surface area contributed by atoms with Gasteiger partial charge in [0.25, 0.3) is 5.69 Å². The van der Waals surface area contributed by atoms with Crippen molar-refractivity contribution in [3.63, 3.8) is 0 Å². The minimum atomic E-state index is -4.61. The molecule has 0 bridgehead atoms. The van der Waals surface area contributed by atoms with Crippen LogP contribution in [0.2, 0.25) is 0 Å². The highest BCUT2D eigenvalue weighted by molar-refractivity contribution is 7.93. The lowest BCUT2D eigenvalue weighted by Gasteiger charge is -2.36. The number of benzene rings is 1. The van der Waals surface area contributed by atoms with Gasteiger partial charge in [-0.2, -0.15) is 0 Å². The zero-order valence-electron chi connectivity index (χ0n) is 22.7. The number of piperidine rings is 1. The van der Waals surface area contributed by atoms with Crippen molar-refractivity contribution in [2.75, 3.05) is 18.4 Å². The number of nitrogens with two attached hydrogens (primary N) is 1. The van der Waals surface area contributed by atoms with Gasteiger partial charge in [0.1, 0.15) is 23.0 Å². The van der Waals surface area contributed by atoms with E-state index in [0.717, 1.165) is 32.0 Å². The maximum absolute atomic E-state index is 14.3. The molecule has 1 aliphatic carbocycles. The van der Waals surface area contributed by atoms with Gasteiger partial charge in [0.2, 0.25) is 20.7 Å². The maximum atomic E-state index is 14.3. The number of aromatic nitrogens is 2. The molecule has 5 rings (SSSR count). The Balaban J connectivity index is 1.53. The van der Waals surface area contributed by atoms with Crippen molar-refractivity contribution in [1.29, 1.82) is 0 Å². The third-order valence-corrected chi connectivity index (χ3v) is 9.84. The molecule has 2 atom stereocenters. The van der Waals surface area contributed by atoms with Crippen LogP contribution < -0.4 is 15.8 Å². The Bertz CT molecular complexity index is 1640. The lowest BCUT2D eigenvalue weighted by Crippen LogP contribution is -2.53. The SMILES string of the molecule is CC(C)N1CCC(Nc2ccc(S(=O)(=O)C3(Oc4cnc5[nH]ccc5c4)C=CC=CC3C(N)=O)cc2[N+](=O)[O-])CC1. The molecule has 1 fully saturated rings. The molecule has 4 N–H and O–H groups in total. The van der Waals surface area contributed by atoms with E-state index in [9.17, 15) is 23.3 Å². The van der Waals surface area contributed by atoms with E-state index in [1.54, 1.807) is 18.3 Å². The fourth-order valence-corrected chi connectivity index (χ4v) is 7.26.